The van der Waals surface area contributed by atoms with Gasteiger partial charge in [-0.2, -0.15) is 0 Å². The van der Waals surface area contributed by atoms with Crippen molar-refractivity contribution >= 4 is 11.8 Å². The topological polar surface area (TPSA) is 70.2 Å². The molecule has 3 fully saturated rings. The fraction of sp³-hybridized carbons (Fsp3) is 0.889. The molecule has 2 amide bonds. The maximum Gasteiger partial charge on any atom is 0.237 e. The minimum atomic E-state index is -0.0514. The molecule has 3 N–H and O–H groups in total. The van der Waals surface area contributed by atoms with E-state index in [2.05, 4.69) is 16.0 Å². The average Bonchev–Trinajstić information content (AvgIpc) is 3.00. The van der Waals surface area contributed by atoms with Gasteiger partial charge in [0.2, 0.25) is 11.8 Å². The van der Waals surface area contributed by atoms with Gasteiger partial charge in [-0.25, -0.2) is 0 Å². The third kappa shape index (κ3) is 4.69. The van der Waals surface area contributed by atoms with E-state index in [1.54, 1.807) is 0 Å². The molecular formula is C18H31N3O2. The molecule has 1 saturated heterocycles. The van der Waals surface area contributed by atoms with Gasteiger partial charge >= 0.3 is 0 Å². The standard InChI is InChI=1S/C18H31N3O2/c22-17(20-14-7-2-1-3-8-14)10-11-19-18(23)16-12-13-6-4-5-9-15(13)21-16/h13-16,21H,1-12H2,(H,19,23)(H,20,22). The Morgan fingerprint density at radius 3 is 2.48 bits per heavy atom. The van der Waals surface area contributed by atoms with Gasteiger partial charge in [0.1, 0.15) is 0 Å². The molecule has 0 aromatic heterocycles. The minimum absolute atomic E-state index is 0.0514. The van der Waals surface area contributed by atoms with E-state index in [9.17, 15) is 9.59 Å². The Kier molecular flexibility index (Phi) is 5.92. The van der Waals surface area contributed by atoms with Crippen LogP contribution in [0.15, 0.2) is 0 Å². The fourth-order valence-corrected chi connectivity index (χ4v) is 4.49. The summed E-state index contributed by atoms with van der Waals surface area (Å²) in [5.74, 6) is 0.823. The van der Waals surface area contributed by atoms with Gasteiger partial charge in [0.25, 0.3) is 0 Å². The van der Waals surface area contributed by atoms with Crippen LogP contribution in [0.4, 0.5) is 0 Å². The fourth-order valence-electron chi connectivity index (χ4n) is 4.49. The molecule has 0 aromatic rings. The average molecular weight is 321 g/mol. The molecule has 5 heteroatoms. The lowest BCUT2D eigenvalue weighted by Gasteiger charge is -2.24. The van der Waals surface area contributed by atoms with Crippen LogP contribution < -0.4 is 16.0 Å². The van der Waals surface area contributed by atoms with Crippen molar-refractivity contribution in [2.75, 3.05) is 6.54 Å². The molecule has 0 aromatic carbocycles. The molecule has 3 rings (SSSR count). The molecule has 3 aliphatic rings. The zero-order chi connectivity index (χ0) is 16.1. The Balaban J connectivity index is 1.32. The second kappa shape index (κ2) is 8.13. The number of carbonyl (C=O) groups is 2. The van der Waals surface area contributed by atoms with E-state index >= 15 is 0 Å². The summed E-state index contributed by atoms with van der Waals surface area (Å²) < 4.78 is 0. The van der Waals surface area contributed by atoms with Gasteiger partial charge in [-0.1, -0.05) is 32.1 Å². The number of carbonyl (C=O) groups excluding carboxylic acids is 2. The molecule has 1 aliphatic heterocycles. The first-order valence-electron chi connectivity index (χ1n) is 9.55. The normalized spacial score (nSPS) is 31.4. The van der Waals surface area contributed by atoms with Gasteiger partial charge in [0.05, 0.1) is 6.04 Å². The predicted octanol–water partition coefficient (Wildman–Crippen LogP) is 1.86. The lowest BCUT2D eigenvalue weighted by Crippen LogP contribution is -2.44. The van der Waals surface area contributed by atoms with Crippen LogP contribution in [0.5, 0.6) is 0 Å². The molecule has 0 radical (unpaired) electrons. The molecule has 2 aliphatic carbocycles. The van der Waals surface area contributed by atoms with E-state index in [0.717, 1.165) is 19.3 Å². The summed E-state index contributed by atoms with van der Waals surface area (Å²) in [4.78, 5) is 24.2. The maximum absolute atomic E-state index is 12.3. The summed E-state index contributed by atoms with van der Waals surface area (Å²) in [7, 11) is 0. The maximum atomic E-state index is 12.3. The lowest BCUT2D eigenvalue weighted by molar-refractivity contribution is -0.123. The number of nitrogens with one attached hydrogen (secondary N) is 3. The first-order valence-corrected chi connectivity index (χ1v) is 9.55. The van der Waals surface area contributed by atoms with Crippen LogP contribution in [-0.2, 0) is 9.59 Å². The van der Waals surface area contributed by atoms with Gasteiger partial charge in [0.15, 0.2) is 0 Å². The van der Waals surface area contributed by atoms with Gasteiger partial charge in [-0.05, 0) is 38.0 Å². The van der Waals surface area contributed by atoms with Crippen LogP contribution in [0.1, 0.15) is 70.6 Å². The number of hydrogen-bond donors (Lipinski definition) is 3. The number of fused-ring (bicyclic) bond motifs is 1. The van der Waals surface area contributed by atoms with Crippen molar-refractivity contribution in [3.63, 3.8) is 0 Å². The molecule has 2 saturated carbocycles. The molecule has 0 bridgehead atoms. The Labute approximate surface area is 139 Å². The highest BCUT2D eigenvalue weighted by molar-refractivity contribution is 5.83. The van der Waals surface area contributed by atoms with Crippen LogP contribution in [0.3, 0.4) is 0 Å². The van der Waals surface area contributed by atoms with Crippen molar-refractivity contribution in [1.82, 2.24) is 16.0 Å². The minimum Gasteiger partial charge on any atom is -0.354 e. The molecule has 3 atom stereocenters. The van der Waals surface area contributed by atoms with E-state index in [1.807, 2.05) is 0 Å². The SMILES string of the molecule is O=C(CCNC(=O)C1CC2CCCCC2N1)NC1CCCCC1. The number of rotatable bonds is 5. The first-order chi connectivity index (χ1) is 11.2. The van der Waals surface area contributed by atoms with Crippen molar-refractivity contribution in [2.45, 2.75) is 88.8 Å². The molecule has 5 nitrogen and oxygen atoms in total. The highest BCUT2D eigenvalue weighted by Crippen LogP contribution is 2.33. The van der Waals surface area contributed by atoms with Gasteiger partial charge < -0.3 is 16.0 Å². The highest BCUT2D eigenvalue weighted by atomic mass is 16.2. The van der Waals surface area contributed by atoms with Gasteiger partial charge in [-0.15, -0.1) is 0 Å². The lowest BCUT2D eigenvalue weighted by atomic mass is 9.85. The van der Waals surface area contributed by atoms with Crippen molar-refractivity contribution in [3.05, 3.63) is 0 Å². The zero-order valence-electron chi connectivity index (χ0n) is 14.1. The number of hydrogen-bond acceptors (Lipinski definition) is 3. The second-order valence-corrected chi connectivity index (χ2v) is 7.55. The molecule has 23 heavy (non-hydrogen) atoms. The Morgan fingerprint density at radius 1 is 0.957 bits per heavy atom. The van der Waals surface area contributed by atoms with E-state index in [0.29, 0.717) is 31.0 Å². The largest absolute Gasteiger partial charge is 0.354 e. The molecule has 0 spiro atoms. The summed E-state index contributed by atoms with van der Waals surface area (Å²) in [6, 6.07) is 0.838. The van der Waals surface area contributed by atoms with Crippen LogP contribution in [0.2, 0.25) is 0 Å². The summed E-state index contributed by atoms with van der Waals surface area (Å²) in [6.45, 7) is 0.449. The molecule has 130 valence electrons. The summed E-state index contributed by atoms with van der Waals surface area (Å²) >= 11 is 0. The molecule has 3 unspecified atom stereocenters. The van der Waals surface area contributed by atoms with E-state index in [-0.39, 0.29) is 17.9 Å². The first kappa shape index (κ1) is 16.7. The molecular weight excluding hydrogens is 290 g/mol. The van der Waals surface area contributed by atoms with Crippen LogP contribution in [0, 0.1) is 5.92 Å². The predicted molar refractivity (Wildman–Crippen MR) is 89.9 cm³/mol. The molecule has 1 heterocycles. The number of amides is 2. The summed E-state index contributed by atoms with van der Waals surface area (Å²) in [5, 5.41) is 9.52. The Bertz CT molecular complexity index is 406. The van der Waals surface area contributed by atoms with E-state index < -0.39 is 0 Å². The highest BCUT2D eigenvalue weighted by Gasteiger charge is 2.37. The van der Waals surface area contributed by atoms with Crippen molar-refractivity contribution in [3.8, 4) is 0 Å². The van der Waals surface area contributed by atoms with E-state index in [4.69, 9.17) is 0 Å². The van der Waals surface area contributed by atoms with Crippen molar-refractivity contribution in [1.29, 1.82) is 0 Å². The van der Waals surface area contributed by atoms with Crippen LogP contribution in [0.25, 0.3) is 0 Å². The van der Waals surface area contributed by atoms with Crippen molar-refractivity contribution < 1.29 is 9.59 Å². The third-order valence-electron chi connectivity index (χ3n) is 5.80. The third-order valence-corrected chi connectivity index (χ3v) is 5.80. The van der Waals surface area contributed by atoms with Gasteiger partial charge in [-0.3, -0.25) is 9.59 Å². The quantitative estimate of drug-likeness (QED) is 0.724. The van der Waals surface area contributed by atoms with Crippen LogP contribution in [-0.4, -0.2) is 36.5 Å². The van der Waals surface area contributed by atoms with Gasteiger partial charge in [0, 0.05) is 25.0 Å². The smallest absolute Gasteiger partial charge is 0.237 e. The zero-order valence-corrected chi connectivity index (χ0v) is 14.1. The Morgan fingerprint density at radius 2 is 1.70 bits per heavy atom. The van der Waals surface area contributed by atoms with Crippen LogP contribution >= 0.6 is 0 Å². The summed E-state index contributed by atoms with van der Waals surface area (Å²) in [6.07, 6.45) is 12.3. The summed E-state index contributed by atoms with van der Waals surface area (Å²) in [5.41, 5.74) is 0. The Hall–Kier alpha value is -1.10. The monoisotopic (exact) mass is 321 g/mol. The van der Waals surface area contributed by atoms with E-state index in [1.165, 1.54) is 44.9 Å². The van der Waals surface area contributed by atoms with Crippen molar-refractivity contribution in [2.24, 2.45) is 5.92 Å². The second-order valence-electron chi connectivity index (χ2n) is 7.55.